The highest BCUT2D eigenvalue weighted by atomic mass is 16.5. The summed E-state index contributed by atoms with van der Waals surface area (Å²) in [6.07, 6.45) is 0.172. The first kappa shape index (κ1) is 23.6. The molecule has 0 fully saturated rings. The van der Waals surface area contributed by atoms with Gasteiger partial charge in [-0.3, -0.25) is 9.59 Å². The SMILES string of the molecule is CCOc1cccc([C@H]2C(C(=O)OC(C)C)=C(C)NC3=C2C(=O)[C@@H](C(=O)OC)[C@@H](C)C3)c1. The van der Waals surface area contributed by atoms with Crippen LogP contribution in [0, 0.1) is 11.8 Å². The van der Waals surface area contributed by atoms with E-state index in [1.807, 2.05) is 45.0 Å². The molecule has 1 aromatic rings. The van der Waals surface area contributed by atoms with E-state index in [1.165, 1.54) is 7.11 Å². The van der Waals surface area contributed by atoms with Crippen LogP contribution in [0.4, 0.5) is 0 Å². The minimum atomic E-state index is -0.918. The molecule has 1 aromatic carbocycles. The molecule has 1 aliphatic carbocycles. The zero-order chi connectivity index (χ0) is 23.6. The third kappa shape index (κ3) is 4.42. The van der Waals surface area contributed by atoms with Crippen molar-refractivity contribution in [3.8, 4) is 5.75 Å². The molecule has 0 amide bonds. The van der Waals surface area contributed by atoms with Crippen LogP contribution in [0.3, 0.4) is 0 Å². The van der Waals surface area contributed by atoms with Crippen molar-refractivity contribution in [1.29, 1.82) is 0 Å². The lowest BCUT2D eigenvalue weighted by Crippen LogP contribution is -2.43. The Labute approximate surface area is 188 Å². The van der Waals surface area contributed by atoms with Crippen LogP contribution < -0.4 is 10.1 Å². The molecule has 0 radical (unpaired) electrons. The first-order valence-electron chi connectivity index (χ1n) is 11.0. The van der Waals surface area contributed by atoms with Crippen molar-refractivity contribution in [2.45, 2.75) is 53.1 Å². The van der Waals surface area contributed by atoms with Gasteiger partial charge in [0.05, 0.1) is 25.4 Å². The molecule has 7 heteroatoms. The van der Waals surface area contributed by atoms with E-state index in [2.05, 4.69) is 5.32 Å². The minimum absolute atomic E-state index is 0.228. The first-order chi connectivity index (χ1) is 15.2. The first-order valence-corrected chi connectivity index (χ1v) is 11.0. The maximum absolute atomic E-state index is 13.7. The van der Waals surface area contributed by atoms with Crippen LogP contribution in [-0.2, 0) is 23.9 Å². The number of Topliss-reactive ketones (excluding diaryl/α,β-unsaturated/α-hetero) is 1. The fourth-order valence-electron chi connectivity index (χ4n) is 4.51. The second-order valence-electron chi connectivity index (χ2n) is 8.49. The molecule has 1 heterocycles. The normalized spacial score (nSPS) is 23.0. The summed E-state index contributed by atoms with van der Waals surface area (Å²) >= 11 is 0. The lowest BCUT2D eigenvalue weighted by molar-refractivity contribution is -0.151. The summed E-state index contributed by atoms with van der Waals surface area (Å²) in [5.41, 5.74) is 2.86. The van der Waals surface area contributed by atoms with Crippen molar-refractivity contribution in [2.75, 3.05) is 13.7 Å². The Kier molecular flexibility index (Phi) is 7.06. The number of ketones is 1. The molecular weight excluding hydrogens is 410 g/mol. The van der Waals surface area contributed by atoms with E-state index >= 15 is 0 Å². The molecule has 7 nitrogen and oxygen atoms in total. The van der Waals surface area contributed by atoms with Crippen molar-refractivity contribution in [3.63, 3.8) is 0 Å². The van der Waals surface area contributed by atoms with Crippen molar-refractivity contribution < 1.29 is 28.6 Å². The molecule has 3 atom stereocenters. The third-order valence-corrected chi connectivity index (χ3v) is 5.81. The molecule has 172 valence electrons. The van der Waals surface area contributed by atoms with E-state index < -0.39 is 23.8 Å². The number of carbonyl (C=O) groups is 3. The van der Waals surface area contributed by atoms with Gasteiger partial charge < -0.3 is 19.5 Å². The van der Waals surface area contributed by atoms with Crippen molar-refractivity contribution in [1.82, 2.24) is 5.32 Å². The fourth-order valence-corrected chi connectivity index (χ4v) is 4.51. The van der Waals surface area contributed by atoms with Crippen LogP contribution in [0.1, 0.15) is 52.5 Å². The predicted octanol–water partition coefficient (Wildman–Crippen LogP) is 3.65. The van der Waals surface area contributed by atoms with E-state index in [9.17, 15) is 14.4 Å². The van der Waals surface area contributed by atoms with Gasteiger partial charge in [0, 0.05) is 22.9 Å². The fraction of sp³-hybridized carbons (Fsp3) is 0.480. The highest BCUT2D eigenvalue weighted by molar-refractivity contribution is 6.12. The summed E-state index contributed by atoms with van der Waals surface area (Å²) in [5, 5.41) is 3.25. The van der Waals surface area contributed by atoms with E-state index in [4.69, 9.17) is 14.2 Å². The number of allylic oxidation sites excluding steroid dienone is 3. The molecule has 2 aliphatic rings. The highest BCUT2D eigenvalue weighted by Gasteiger charge is 2.47. The van der Waals surface area contributed by atoms with Crippen LogP contribution in [0.25, 0.3) is 0 Å². The van der Waals surface area contributed by atoms with Crippen molar-refractivity contribution in [2.24, 2.45) is 11.8 Å². The van der Waals surface area contributed by atoms with E-state index in [0.29, 0.717) is 35.6 Å². The third-order valence-electron chi connectivity index (χ3n) is 5.81. The lowest BCUT2D eigenvalue weighted by Gasteiger charge is -2.38. The van der Waals surface area contributed by atoms with Gasteiger partial charge in [0.25, 0.3) is 0 Å². The van der Waals surface area contributed by atoms with Crippen LogP contribution in [0.5, 0.6) is 5.75 Å². The van der Waals surface area contributed by atoms with Gasteiger partial charge in [-0.1, -0.05) is 19.1 Å². The van der Waals surface area contributed by atoms with Crippen molar-refractivity contribution >= 4 is 17.7 Å². The standard InChI is InChI=1S/C25H31NO6/c1-7-31-17-10-8-9-16(12-17)21-20(25(29)32-13(2)3)15(5)26-18-11-14(4)19(24(28)30-6)23(27)22(18)21/h8-10,12-14,19,21,26H,7,11H2,1-6H3/t14-,19-,21-/m0/s1. The van der Waals surface area contributed by atoms with Gasteiger partial charge in [-0.25, -0.2) is 4.79 Å². The number of hydrogen-bond donors (Lipinski definition) is 1. The molecule has 32 heavy (non-hydrogen) atoms. The maximum Gasteiger partial charge on any atom is 0.337 e. The maximum atomic E-state index is 13.7. The topological polar surface area (TPSA) is 90.9 Å². The second kappa shape index (κ2) is 9.59. The Morgan fingerprint density at radius 3 is 2.59 bits per heavy atom. The van der Waals surface area contributed by atoms with Gasteiger partial charge in [-0.05, 0) is 57.7 Å². The quantitative estimate of drug-likeness (QED) is 0.532. The Hall–Kier alpha value is -3.09. The Morgan fingerprint density at radius 1 is 1.25 bits per heavy atom. The van der Waals surface area contributed by atoms with Crippen LogP contribution in [0.15, 0.2) is 46.8 Å². The summed E-state index contributed by atoms with van der Waals surface area (Å²) in [6, 6.07) is 7.35. The number of rotatable bonds is 6. The minimum Gasteiger partial charge on any atom is -0.494 e. The molecule has 0 saturated heterocycles. The van der Waals surface area contributed by atoms with E-state index in [1.54, 1.807) is 13.8 Å². The van der Waals surface area contributed by atoms with Gasteiger partial charge in [0.2, 0.25) is 0 Å². The van der Waals surface area contributed by atoms with Crippen LogP contribution in [0.2, 0.25) is 0 Å². The van der Waals surface area contributed by atoms with Gasteiger partial charge >= 0.3 is 11.9 Å². The zero-order valence-electron chi connectivity index (χ0n) is 19.5. The number of nitrogens with one attached hydrogen (secondary N) is 1. The van der Waals surface area contributed by atoms with Crippen LogP contribution in [-0.4, -0.2) is 37.5 Å². The number of ether oxygens (including phenoxy) is 3. The summed E-state index contributed by atoms with van der Waals surface area (Å²) in [4.78, 5) is 39.3. The monoisotopic (exact) mass is 441 g/mol. The summed E-state index contributed by atoms with van der Waals surface area (Å²) < 4.78 is 16.1. The highest BCUT2D eigenvalue weighted by Crippen LogP contribution is 2.46. The number of esters is 2. The average molecular weight is 442 g/mol. The summed E-state index contributed by atoms with van der Waals surface area (Å²) in [7, 11) is 1.28. The molecule has 0 saturated carbocycles. The van der Waals surface area contributed by atoms with E-state index in [0.717, 1.165) is 11.3 Å². The van der Waals surface area contributed by atoms with Crippen molar-refractivity contribution in [3.05, 3.63) is 52.4 Å². The smallest absolute Gasteiger partial charge is 0.337 e. The van der Waals surface area contributed by atoms with Gasteiger partial charge in [0.1, 0.15) is 11.7 Å². The molecule has 1 aliphatic heterocycles. The van der Waals surface area contributed by atoms with Gasteiger partial charge in [-0.15, -0.1) is 0 Å². The average Bonchev–Trinajstić information content (AvgIpc) is 2.72. The number of carbonyl (C=O) groups excluding carboxylic acids is 3. The van der Waals surface area contributed by atoms with E-state index in [-0.39, 0.29) is 17.8 Å². The molecule has 3 rings (SSSR count). The van der Waals surface area contributed by atoms with Gasteiger partial charge in [0.15, 0.2) is 5.78 Å². The van der Waals surface area contributed by atoms with Gasteiger partial charge in [-0.2, -0.15) is 0 Å². The Bertz CT molecular complexity index is 990. The molecule has 0 spiro atoms. The Balaban J connectivity index is 2.19. The summed E-state index contributed by atoms with van der Waals surface area (Å²) in [6.45, 7) is 9.60. The molecule has 1 N–H and O–H groups in total. The largest absolute Gasteiger partial charge is 0.494 e. The molecule has 0 aromatic heterocycles. The zero-order valence-corrected chi connectivity index (χ0v) is 19.5. The lowest BCUT2D eigenvalue weighted by atomic mass is 9.69. The molecule has 0 bridgehead atoms. The molecule has 0 unspecified atom stereocenters. The Morgan fingerprint density at radius 2 is 1.97 bits per heavy atom. The number of dihydropyridines is 1. The number of methoxy groups -OCH3 is 1. The second-order valence-corrected chi connectivity index (χ2v) is 8.49. The predicted molar refractivity (Wildman–Crippen MR) is 119 cm³/mol. The summed E-state index contributed by atoms with van der Waals surface area (Å²) in [5.74, 6) is -2.57. The number of benzene rings is 1. The van der Waals surface area contributed by atoms with Crippen LogP contribution >= 0.6 is 0 Å². The number of hydrogen-bond acceptors (Lipinski definition) is 7. The molecular formula is C25H31NO6.